The van der Waals surface area contributed by atoms with Gasteiger partial charge in [-0.2, -0.15) is 0 Å². The predicted molar refractivity (Wildman–Crippen MR) is 72.4 cm³/mol. The number of hydrogen-bond donors (Lipinski definition) is 2. The number of aryl methyl sites for hydroxylation is 1. The number of carbonyl (C=O) groups excluding carboxylic acids is 1. The van der Waals surface area contributed by atoms with Crippen LogP contribution in [0.4, 0.5) is 4.79 Å². The highest BCUT2D eigenvalue weighted by Crippen LogP contribution is 2.42. The Labute approximate surface area is 113 Å². The molecule has 5 heteroatoms. The second kappa shape index (κ2) is 4.49. The third-order valence-corrected chi connectivity index (χ3v) is 4.35. The van der Waals surface area contributed by atoms with Crippen LogP contribution in [0.2, 0.25) is 0 Å². The average molecular weight is 260 g/mol. The lowest BCUT2D eigenvalue weighted by molar-refractivity contribution is 0.187. The summed E-state index contributed by atoms with van der Waals surface area (Å²) in [4.78, 5) is 18.3. The van der Waals surface area contributed by atoms with Gasteiger partial charge in [0.25, 0.3) is 0 Å². The zero-order chi connectivity index (χ0) is 13.5. The molecule has 1 saturated carbocycles. The second-order valence-electron chi connectivity index (χ2n) is 5.78. The van der Waals surface area contributed by atoms with E-state index in [-0.39, 0.29) is 11.6 Å². The third-order valence-electron chi connectivity index (χ3n) is 4.35. The summed E-state index contributed by atoms with van der Waals surface area (Å²) in [6.45, 7) is 3.90. The minimum absolute atomic E-state index is 0.0254. The molecule has 2 fully saturated rings. The van der Waals surface area contributed by atoms with Gasteiger partial charge >= 0.3 is 6.03 Å². The van der Waals surface area contributed by atoms with Crippen LogP contribution in [0.15, 0.2) is 18.2 Å². The molecule has 1 aliphatic heterocycles. The lowest BCUT2D eigenvalue weighted by atomic mass is 9.70. The highest BCUT2D eigenvalue weighted by atomic mass is 16.2. The van der Waals surface area contributed by atoms with Gasteiger partial charge in [-0.15, -0.1) is 0 Å². The first-order chi connectivity index (χ1) is 9.07. The monoisotopic (exact) mass is 260 g/mol. The normalized spacial score (nSPS) is 28.7. The largest absolute Gasteiger partial charge is 0.332 e. The van der Waals surface area contributed by atoms with Crippen LogP contribution in [0.5, 0.6) is 0 Å². The van der Waals surface area contributed by atoms with Crippen LogP contribution in [0.3, 0.4) is 0 Å². The van der Waals surface area contributed by atoms with Gasteiger partial charge in [-0.1, -0.05) is 6.07 Å². The fourth-order valence-corrected chi connectivity index (χ4v) is 3.02. The van der Waals surface area contributed by atoms with E-state index in [0.717, 1.165) is 30.8 Å². The van der Waals surface area contributed by atoms with Gasteiger partial charge in [-0.05, 0) is 37.8 Å². The van der Waals surface area contributed by atoms with Crippen LogP contribution in [-0.2, 0) is 6.54 Å². The molecular weight excluding hydrogens is 240 g/mol. The molecule has 1 aromatic rings. The highest BCUT2D eigenvalue weighted by Gasteiger charge is 2.51. The quantitative estimate of drug-likeness (QED) is 0.834. The van der Waals surface area contributed by atoms with E-state index in [1.54, 1.807) is 0 Å². The van der Waals surface area contributed by atoms with Crippen LogP contribution < -0.4 is 11.1 Å². The van der Waals surface area contributed by atoms with E-state index in [2.05, 4.69) is 10.3 Å². The number of nitrogens with two attached hydrogens (primary N) is 1. The second-order valence-corrected chi connectivity index (χ2v) is 5.78. The maximum atomic E-state index is 12.1. The lowest BCUT2D eigenvalue weighted by Crippen LogP contribution is -2.55. The van der Waals surface area contributed by atoms with Crippen molar-refractivity contribution in [3.05, 3.63) is 29.6 Å². The van der Waals surface area contributed by atoms with E-state index in [4.69, 9.17) is 5.73 Å². The van der Waals surface area contributed by atoms with Crippen LogP contribution in [0.1, 0.15) is 24.2 Å². The number of fused-ring (bicyclic) bond motifs is 1. The molecular formula is C14H20N4O. The van der Waals surface area contributed by atoms with Gasteiger partial charge in [-0.3, -0.25) is 4.98 Å². The summed E-state index contributed by atoms with van der Waals surface area (Å²) in [6.07, 6.45) is 2.20. The summed E-state index contributed by atoms with van der Waals surface area (Å²) in [5, 5.41) is 2.92. The number of aromatic nitrogens is 1. The van der Waals surface area contributed by atoms with E-state index < -0.39 is 0 Å². The summed E-state index contributed by atoms with van der Waals surface area (Å²) in [6, 6.07) is 5.80. The van der Waals surface area contributed by atoms with Crippen LogP contribution in [0.25, 0.3) is 0 Å². The SMILES string of the molecule is Cc1cccc(CNC(=O)N2C[C@@H]3CC[C@]3(N)C2)n1. The van der Waals surface area contributed by atoms with Crippen molar-refractivity contribution in [3.8, 4) is 0 Å². The van der Waals surface area contributed by atoms with Crippen molar-refractivity contribution in [2.24, 2.45) is 11.7 Å². The fraction of sp³-hybridized carbons (Fsp3) is 0.571. The topological polar surface area (TPSA) is 71.2 Å². The number of amides is 2. The number of carbonyl (C=O) groups is 1. The number of pyridine rings is 1. The molecule has 2 atom stereocenters. The van der Waals surface area contributed by atoms with Gasteiger partial charge in [0.1, 0.15) is 0 Å². The van der Waals surface area contributed by atoms with E-state index in [9.17, 15) is 4.79 Å². The first-order valence-corrected chi connectivity index (χ1v) is 6.81. The number of rotatable bonds is 2. The maximum Gasteiger partial charge on any atom is 0.317 e. The molecule has 102 valence electrons. The smallest absolute Gasteiger partial charge is 0.317 e. The Morgan fingerprint density at radius 3 is 3.05 bits per heavy atom. The van der Waals surface area contributed by atoms with Crippen LogP contribution >= 0.6 is 0 Å². The van der Waals surface area contributed by atoms with Crippen molar-refractivity contribution in [2.75, 3.05) is 13.1 Å². The minimum atomic E-state index is -0.112. The average Bonchev–Trinajstić information content (AvgIpc) is 2.60. The molecule has 0 radical (unpaired) electrons. The summed E-state index contributed by atoms with van der Waals surface area (Å²) in [5.74, 6) is 0.496. The van der Waals surface area contributed by atoms with Crippen molar-refractivity contribution >= 4 is 6.03 Å². The zero-order valence-electron chi connectivity index (χ0n) is 11.2. The Morgan fingerprint density at radius 2 is 2.47 bits per heavy atom. The van der Waals surface area contributed by atoms with Crippen molar-refractivity contribution in [1.29, 1.82) is 0 Å². The minimum Gasteiger partial charge on any atom is -0.332 e. The number of nitrogens with zero attached hydrogens (tertiary/aromatic N) is 2. The zero-order valence-corrected chi connectivity index (χ0v) is 11.2. The Bertz CT molecular complexity index is 504. The van der Waals surface area contributed by atoms with Crippen molar-refractivity contribution in [2.45, 2.75) is 31.8 Å². The Hall–Kier alpha value is -1.62. The molecule has 3 rings (SSSR count). The standard InChI is InChI=1S/C14H20N4O/c1-10-3-2-4-12(17-10)7-16-13(19)18-8-11-5-6-14(11,15)9-18/h2-4,11H,5-9,15H2,1H3,(H,16,19)/t11-,14-/m0/s1. The fourth-order valence-electron chi connectivity index (χ4n) is 3.02. The molecule has 1 aliphatic carbocycles. The summed E-state index contributed by atoms with van der Waals surface area (Å²) >= 11 is 0. The van der Waals surface area contributed by atoms with Gasteiger partial charge in [0.2, 0.25) is 0 Å². The van der Waals surface area contributed by atoms with E-state index in [1.165, 1.54) is 0 Å². The predicted octanol–water partition coefficient (Wildman–Crippen LogP) is 1.02. The van der Waals surface area contributed by atoms with Crippen LogP contribution in [-0.4, -0.2) is 34.5 Å². The van der Waals surface area contributed by atoms with Gasteiger partial charge < -0.3 is 16.0 Å². The lowest BCUT2D eigenvalue weighted by Gasteiger charge is -2.39. The molecule has 1 saturated heterocycles. The summed E-state index contributed by atoms with van der Waals surface area (Å²) < 4.78 is 0. The molecule has 0 aromatic carbocycles. The number of urea groups is 1. The molecule has 3 N–H and O–H groups in total. The number of likely N-dealkylation sites (tertiary alicyclic amines) is 1. The van der Waals surface area contributed by atoms with E-state index >= 15 is 0 Å². The first kappa shape index (κ1) is 12.4. The molecule has 0 spiro atoms. The molecule has 1 aromatic heterocycles. The molecule has 2 heterocycles. The maximum absolute atomic E-state index is 12.1. The van der Waals surface area contributed by atoms with Crippen molar-refractivity contribution in [3.63, 3.8) is 0 Å². The Kier molecular flexibility index (Phi) is 2.93. The van der Waals surface area contributed by atoms with Crippen molar-refractivity contribution in [1.82, 2.24) is 15.2 Å². The Morgan fingerprint density at radius 1 is 1.63 bits per heavy atom. The molecule has 2 aliphatic rings. The molecule has 0 bridgehead atoms. The summed E-state index contributed by atoms with van der Waals surface area (Å²) in [5.41, 5.74) is 7.97. The van der Waals surface area contributed by atoms with Crippen molar-refractivity contribution < 1.29 is 4.79 Å². The first-order valence-electron chi connectivity index (χ1n) is 6.81. The van der Waals surface area contributed by atoms with Gasteiger partial charge in [0.05, 0.1) is 12.2 Å². The number of nitrogens with one attached hydrogen (secondary N) is 1. The van der Waals surface area contributed by atoms with Gasteiger partial charge in [0, 0.05) is 24.3 Å². The van der Waals surface area contributed by atoms with Gasteiger partial charge in [0.15, 0.2) is 0 Å². The number of hydrogen-bond acceptors (Lipinski definition) is 3. The highest BCUT2D eigenvalue weighted by molar-refractivity contribution is 5.74. The van der Waals surface area contributed by atoms with E-state index in [0.29, 0.717) is 19.0 Å². The molecule has 5 nitrogen and oxygen atoms in total. The van der Waals surface area contributed by atoms with E-state index in [1.807, 2.05) is 30.0 Å². The third kappa shape index (κ3) is 2.30. The molecule has 2 amide bonds. The Balaban J connectivity index is 1.55. The molecule has 19 heavy (non-hydrogen) atoms. The van der Waals surface area contributed by atoms with Crippen LogP contribution in [0, 0.1) is 12.8 Å². The molecule has 0 unspecified atom stereocenters. The summed E-state index contributed by atoms with van der Waals surface area (Å²) in [7, 11) is 0. The van der Waals surface area contributed by atoms with Gasteiger partial charge in [-0.25, -0.2) is 4.79 Å².